The molecule has 0 aromatic carbocycles. The van der Waals surface area contributed by atoms with Gasteiger partial charge < -0.3 is 9.80 Å². The van der Waals surface area contributed by atoms with Crippen LogP contribution in [-0.4, -0.2) is 62.2 Å². The zero-order chi connectivity index (χ0) is 22.4. The van der Waals surface area contributed by atoms with Crippen LogP contribution in [-0.2, 0) is 20.5 Å². The third-order valence-corrected chi connectivity index (χ3v) is 9.86. The molecule has 2 aliphatic heterocycles. The lowest BCUT2D eigenvalue weighted by Crippen LogP contribution is -2.52. The predicted molar refractivity (Wildman–Crippen MR) is 119 cm³/mol. The number of carbonyl (C=O) groups is 1. The number of halogens is 4. The molecule has 2 saturated heterocycles. The van der Waals surface area contributed by atoms with Gasteiger partial charge in [0, 0.05) is 41.9 Å². The maximum Gasteiger partial charge on any atom is 0.445 e. The van der Waals surface area contributed by atoms with E-state index < -0.39 is 20.7 Å². The molecule has 2 fully saturated rings. The molecule has 2 aromatic rings. The van der Waals surface area contributed by atoms with Crippen LogP contribution in [0.1, 0.15) is 28.8 Å². The number of carbonyl (C=O) groups excluding carboxylic acids is 1. The minimum Gasteiger partial charge on any atom is -0.342 e. The molecular weight excluding hydrogens is 493 g/mol. The smallest absolute Gasteiger partial charge is 0.342 e. The number of piperazine rings is 1. The highest BCUT2D eigenvalue weighted by molar-refractivity contribution is 8.00. The van der Waals surface area contributed by atoms with Crippen LogP contribution in [0.25, 0.3) is 0 Å². The van der Waals surface area contributed by atoms with Crippen LogP contribution in [0.5, 0.6) is 0 Å². The number of aromatic nitrogens is 2. The first kappa shape index (κ1) is 22.8. The van der Waals surface area contributed by atoms with Crippen LogP contribution in [0, 0.1) is 5.92 Å². The number of thiophene rings is 1. The topological polar surface area (TPSA) is 66.4 Å². The van der Waals surface area contributed by atoms with Crippen molar-refractivity contribution in [1.82, 2.24) is 15.1 Å². The van der Waals surface area contributed by atoms with Crippen molar-refractivity contribution in [2.45, 2.75) is 25.1 Å². The third-order valence-electron chi connectivity index (χ3n) is 5.54. The van der Waals surface area contributed by atoms with Crippen molar-refractivity contribution in [3.63, 3.8) is 0 Å². The molecular formula is C18H20ClF3N4O2S3. The maximum absolute atomic E-state index is 13.3. The Kier molecular flexibility index (Phi) is 6.27. The molecule has 1 atom stereocenters. The van der Waals surface area contributed by atoms with E-state index in [1.54, 1.807) is 15.9 Å². The Bertz CT molecular complexity index is 1060. The predicted octanol–water partition coefficient (Wildman–Crippen LogP) is 3.79. The van der Waals surface area contributed by atoms with E-state index in [0.717, 1.165) is 4.88 Å². The molecule has 2 aromatic heterocycles. The molecule has 170 valence electrons. The van der Waals surface area contributed by atoms with Crippen LogP contribution in [0.3, 0.4) is 0 Å². The van der Waals surface area contributed by atoms with Gasteiger partial charge in [-0.15, -0.1) is 21.5 Å². The van der Waals surface area contributed by atoms with Crippen LogP contribution < -0.4 is 4.90 Å². The van der Waals surface area contributed by atoms with Crippen LogP contribution in [0.4, 0.5) is 18.3 Å². The Hall–Kier alpha value is -1.37. The summed E-state index contributed by atoms with van der Waals surface area (Å²) in [6.45, 7) is 0.997. The normalized spacial score (nSPS) is 27.5. The lowest BCUT2D eigenvalue weighted by Gasteiger charge is -2.42. The summed E-state index contributed by atoms with van der Waals surface area (Å²) in [7, 11) is -2.10. The Balaban J connectivity index is 1.56. The van der Waals surface area contributed by atoms with Gasteiger partial charge in [0.2, 0.25) is 16.0 Å². The Morgan fingerprint density at radius 3 is 2.48 bits per heavy atom. The summed E-state index contributed by atoms with van der Waals surface area (Å²) in [5.74, 6) is 4.38. The molecule has 0 unspecified atom stereocenters. The number of amides is 1. The second-order valence-corrected chi connectivity index (χ2v) is 13.1. The van der Waals surface area contributed by atoms with Gasteiger partial charge in [0.05, 0.1) is 10.4 Å². The molecule has 13 heteroatoms. The summed E-state index contributed by atoms with van der Waals surface area (Å²) in [6, 6.07) is 3.23. The molecule has 0 radical (unpaired) electrons. The molecule has 1 amide bonds. The summed E-state index contributed by atoms with van der Waals surface area (Å²) < 4.78 is 51.6. The van der Waals surface area contributed by atoms with Crippen molar-refractivity contribution in [3.8, 4) is 0 Å². The van der Waals surface area contributed by atoms with E-state index in [0.29, 0.717) is 59.7 Å². The minimum atomic E-state index is -4.54. The van der Waals surface area contributed by atoms with Gasteiger partial charge in [-0.25, -0.2) is 0 Å². The average molecular weight is 513 g/mol. The number of alkyl halides is 3. The summed E-state index contributed by atoms with van der Waals surface area (Å²) in [5.41, 5.74) is 0. The van der Waals surface area contributed by atoms with Crippen molar-refractivity contribution in [1.29, 1.82) is 0 Å². The SMILES string of the molecule is C=S1(=O)CCC(C(=O)N2CCN(c3nnc(C(F)(F)F)s3)C[C@H]2c2ccc(Cl)s2)CC1. The van der Waals surface area contributed by atoms with E-state index in [1.807, 2.05) is 6.07 Å². The monoisotopic (exact) mass is 512 g/mol. The number of hydrogen-bond acceptors (Lipinski definition) is 7. The number of rotatable bonds is 3. The summed E-state index contributed by atoms with van der Waals surface area (Å²) in [5, 5.41) is 6.19. The van der Waals surface area contributed by atoms with Crippen molar-refractivity contribution in [2.75, 3.05) is 36.0 Å². The second-order valence-electron chi connectivity index (χ2n) is 7.67. The van der Waals surface area contributed by atoms with Gasteiger partial charge >= 0.3 is 6.18 Å². The highest BCUT2D eigenvalue weighted by Crippen LogP contribution is 2.39. The van der Waals surface area contributed by atoms with Gasteiger partial charge in [-0.05, 0) is 40.4 Å². The molecule has 0 aliphatic carbocycles. The lowest BCUT2D eigenvalue weighted by atomic mass is 9.98. The number of hydrogen-bond donors (Lipinski definition) is 0. The van der Waals surface area contributed by atoms with Crippen molar-refractivity contribution < 1.29 is 22.2 Å². The van der Waals surface area contributed by atoms with Gasteiger partial charge in [-0.3, -0.25) is 9.00 Å². The van der Waals surface area contributed by atoms with E-state index in [1.165, 1.54) is 11.3 Å². The summed E-state index contributed by atoms with van der Waals surface area (Å²) in [4.78, 5) is 17.7. The van der Waals surface area contributed by atoms with E-state index in [4.69, 9.17) is 11.6 Å². The molecule has 0 saturated carbocycles. The molecule has 0 N–H and O–H groups in total. The minimum absolute atomic E-state index is 0.0164. The molecule has 0 spiro atoms. The van der Waals surface area contributed by atoms with Crippen molar-refractivity contribution in [3.05, 3.63) is 26.4 Å². The van der Waals surface area contributed by atoms with E-state index >= 15 is 0 Å². The fraction of sp³-hybridized carbons (Fsp3) is 0.556. The Labute approximate surface area is 191 Å². The van der Waals surface area contributed by atoms with Crippen molar-refractivity contribution in [2.24, 2.45) is 5.92 Å². The highest BCUT2D eigenvalue weighted by atomic mass is 35.5. The molecule has 0 bridgehead atoms. The zero-order valence-electron chi connectivity index (χ0n) is 16.3. The zero-order valence-corrected chi connectivity index (χ0v) is 19.5. The Morgan fingerprint density at radius 1 is 1.19 bits per heavy atom. The second kappa shape index (κ2) is 8.53. The van der Waals surface area contributed by atoms with Gasteiger partial charge in [0.25, 0.3) is 0 Å². The summed E-state index contributed by atoms with van der Waals surface area (Å²) >= 11 is 7.96. The maximum atomic E-state index is 13.3. The molecule has 4 rings (SSSR count). The highest BCUT2D eigenvalue weighted by Gasteiger charge is 2.40. The Morgan fingerprint density at radius 2 is 1.90 bits per heavy atom. The van der Waals surface area contributed by atoms with Crippen molar-refractivity contribution >= 4 is 60.7 Å². The van der Waals surface area contributed by atoms with Gasteiger partial charge in [0.1, 0.15) is 0 Å². The first-order valence-corrected chi connectivity index (χ1v) is 13.6. The number of anilines is 1. The largest absolute Gasteiger partial charge is 0.445 e. The fourth-order valence-corrected chi connectivity index (χ4v) is 7.42. The molecule has 4 heterocycles. The first-order valence-electron chi connectivity index (χ1n) is 9.57. The molecule has 2 aliphatic rings. The lowest BCUT2D eigenvalue weighted by molar-refractivity contribution is -0.139. The number of nitrogens with zero attached hydrogens (tertiary/aromatic N) is 4. The van der Waals surface area contributed by atoms with E-state index in [9.17, 15) is 22.2 Å². The quantitative estimate of drug-likeness (QED) is 0.585. The van der Waals surface area contributed by atoms with Gasteiger partial charge in [-0.2, -0.15) is 13.2 Å². The fourth-order valence-electron chi connectivity index (χ4n) is 3.87. The van der Waals surface area contributed by atoms with E-state index in [-0.39, 0.29) is 23.0 Å². The standard InChI is InChI=1S/C18H20ClF3N4O2S3/c1-31(28)8-4-11(5-9-31)15(27)26-7-6-25(10-12(26)13-2-3-14(19)29-13)17-24-23-16(30-17)18(20,21)22/h2-3,11-12H,1,4-10H2/t11?,12-,31?/m0/s1. The average Bonchev–Trinajstić information content (AvgIpc) is 3.36. The van der Waals surface area contributed by atoms with Gasteiger partial charge in [0.15, 0.2) is 0 Å². The summed E-state index contributed by atoms with van der Waals surface area (Å²) in [6.07, 6.45) is -3.47. The van der Waals surface area contributed by atoms with Crippen LogP contribution >= 0.6 is 34.3 Å². The first-order chi connectivity index (χ1) is 14.5. The van der Waals surface area contributed by atoms with E-state index in [2.05, 4.69) is 16.1 Å². The molecule has 31 heavy (non-hydrogen) atoms. The van der Waals surface area contributed by atoms with Crippen LogP contribution in [0.15, 0.2) is 12.1 Å². The molecule has 6 nitrogen and oxygen atoms in total. The van der Waals surface area contributed by atoms with Gasteiger partial charge in [-0.1, -0.05) is 22.9 Å². The third kappa shape index (κ3) is 5.01. The van der Waals surface area contributed by atoms with Crippen LogP contribution in [0.2, 0.25) is 4.34 Å².